The van der Waals surface area contributed by atoms with Crippen molar-refractivity contribution in [3.05, 3.63) is 387 Å². The molecule has 0 radical (unpaired) electrons. The predicted molar refractivity (Wildman–Crippen MR) is 429 cm³/mol. The van der Waals surface area contributed by atoms with E-state index in [4.69, 9.17) is 0 Å². The van der Waals surface area contributed by atoms with Gasteiger partial charge in [-0.1, -0.05) is 217 Å². The van der Waals surface area contributed by atoms with Gasteiger partial charge in [-0.25, -0.2) is 0 Å². The molecule has 0 amide bonds. The average Bonchev–Trinajstić information content (AvgIpc) is 1.58. The van der Waals surface area contributed by atoms with E-state index in [1.54, 1.807) is 0 Å². The molecule has 6 heteroatoms. The second kappa shape index (κ2) is 24.8. The zero-order chi connectivity index (χ0) is 67.8. The van der Waals surface area contributed by atoms with Crippen molar-refractivity contribution in [1.29, 1.82) is 0 Å². The number of hydrogen-bond acceptors (Lipinski definition) is 2. The summed E-state index contributed by atoms with van der Waals surface area (Å²) in [5.74, 6) is 0. The van der Waals surface area contributed by atoms with E-state index in [0.29, 0.717) is 0 Å². The summed E-state index contributed by atoms with van der Waals surface area (Å²) in [6.45, 7) is 4.31. The number of para-hydroxylation sites is 4. The van der Waals surface area contributed by atoms with Crippen molar-refractivity contribution >= 4 is 99.5 Å². The van der Waals surface area contributed by atoms with Gasteiger partial charge in [-0.05, 0) is 217 Å². The first-order valence-corrected chi connectivity index (χ1v) is 35.0. The van der Waals surface area contributed by atoms with E-state index < -0.39 is 0 Å². The Morgan fingerprint density at radius 3 is 0.843 bits per heavy atom. The molecule has 19 aromatic rings. The van der Waals surface area contributed by atoms with Gasteiger partial charge in [0.15, 0.2) is 0 Å². The van der Waals surface area contributed by atoms with Crippen LogP contribution in [0.3, 0.4) is 0 Å². The number of rotatable bonds is 14. The van der Waals surface area contributed by atoms with E-state index in [9.17, 15) is 0 Å². The maximum atomic E-state index is 2.47. The topological polar surface area (TPSA) is 26.2 Å². The summed E-state index contributed by atoms with van der Waals surface area (Å²) in [6.07, 6.45) is 0. The fourth-order valence-corrected chi connectivity index (χ4v) is 15.5. The molecule has 15 aromatic carbocycles. The van der Waals surface area contributed by atoms with Crippen LogP contribution in [0.1, 0.15) is 11.1 Å². The fourth-order valence-electron chi connectivity index (χ4n) is 15.5. The van der Waals surface area contributed by atoms with Gasteiger partial charge in [0.05, 0.1) is 44.5 Å². The third-order valence-corrected chi connectivity index (χ3v) is 20.5. The van der Waals surface area contributed by atoms with Crippen LogP contribution >= 0.6 is 0 Å². The molecule has 4 heterocycles. The van der Waals surface area contributed by atoms with E-state index in [-0.39, 0.29) is 0 Å². The third kappa shape index (κ3) is 10.4. The maximum absolute atomic E-state index is 2.47. The number of benzene rings is 15. The second-order valence-electron chi connectivity index (χ2n) is 26.7. The Morgan fingerprint density at radius 2 is 0.471 bits per heavy atom. The molecule has 4 aromatic heterocycles. The van der Waals surface area contributed by atoms with Gasteiger partial charge in [0.2, 0.25) is 0 Å². The predicted octanol–water partition coefficient (Wildman–Crippen LogP) is 26.0. The number of aryl methyl sites for hydroxylation is 2. The normalized spacial score (nSPS) is 11.6. The van der Waals surface area contributed by atoms with Crippen molar-refractivity contribution < 1.29 is 0 Å². The van der Waals surface area contributed by atoms with E-state index in [0.717, 1.165) is 101 Å². The molecule has 0 N–H and O–H groups in total. The molecule has 482 valence electrons. The van der Waals surface area contributed by atoms with Gasteiger partial charge >= 0.3 is 0 Å². The number of anilines is 6. The van der Waals surface area contributed by atoms with Crippen molar-refractivity contribution in [2.45, 2.75) is 13.8 Å². The summed E-state index contributed by atoms with van der Waals surface area (Å²) in [5.41, 5.74) is 29.4. The van der Waals surface area contributed by atoms with Crippen LogP contribution < -0.4 is 9.80 Å². The van der Waals surface area contributed by atoms with Gasteiger partial charge < -0.3 is 28.1 Å². The van der Waals surface area contributed by atoms with Crippen LogP contribution in [-0.4, -0.2) is 18.3 Å². The highest BCUT2D eigenvalue weighted by Crippen LogP contribution is 2.45. The molecule has 0 atom stereocenters. The molecule has 0 aliphatic rings. The third-order valence-electron chi connectivity index (χ3n) is 20.5. The monoisotopic (exact) mass is 1300 g/mol. The summed E-state index contributed by atoms with van der Waals surface area (Å²) in [6, 6.07) is 138. The van der Waals surface area contributed by atoms with Gasteiger partial charge in [0.25, 0.3) is 0 Å². The molecule has 0 fully saturated rings. The van der Waals surface area contributed by atoms with Crippen LogP contribution in [-0.2, 0) is 0 Å². The number of aromatic nitrogens is 4. The second-order valence-corrected chi connectivity index (χ2v) is 26.7. The zero-order valence-corrected chi connectivity index (χ0v) is 56.5. The van der Waals surface area contributed by atoms with Crippen molar-refractivity contribution in [3.8, 4) is 67.5 Å². The molecular weight excluding hydrogens is 1240 g/mol. The minimum Gasteiger partial charge on any atom is -0.310 e. The molecule has 6 nitrogen and oxygen atoms in total. The highest BCUT2D eigenvalue weighted by molar-refractivity contribution is 6.12. The van der Waals surface area contributed by atoms with E-state index >= 15 is 0 Å². The Bertz CT molecular complexity index is 5920. The van der Waals surface area contributed by atoms with E-state index in [1.165, 1.54) is 77.0 Å². The van der Waals surface area contributed by atoms with Crippen molar-refractivity contribution in [3.63, 3.8) is 0 Å². The summed E-state index contributed by atoms with van der Waals surface area (Å²) >= 11 is 0. The van der Waals surface area contributed by atoms with E-state index in [2.05, 4.69) is 418 Å². The zero-order valence-electron chi connectivity index (χ0n) is 56.5. The Balaban J connectivity index is 0.765. The van der Waals surface area contributed by atoms with E-state index in [1.807, 2.05) is 0 Å². The van der Waals surface area contributed by atoms with Crippen molar-refractivity contribution in [2.24, 2.45) is 0 Å². The van der Waals surface area contributed by atoms with Gasteiger partial charge in [-0.2, -0.15) is 0 Å². The lowest BCUT2D eigenvalue weighted by atomic mass is 10.0. The van der Waals surface area contributed by atoms with Crippen LogP contribution in [0.2, 0.25) is 0 Å². The number of fused-ring (bicyclic) bond motifs is 8. The quantitative estimate of drug-likeness (QED) is 0.108. The van der Waals surface area contributed by atoms with Crippen molar-refractivity contribution in [2.75, 3.05) is 9.80 Å². The fraction of sp³-hybridized carbons (Fsp3) is 0.0208. The Kier molecular flexibility index (Phi) is 14.6. The van der Waals surface area contributed by atoms with Crippen LogP contribution in [0.15, 0.2) is 376 Å². The van der Waals surface area contributed by atoms with Gasteiger partial charge in [0, 0.05) is 89.2 Å². The molecule has 0 aliphatic carbocycles. The SMILES string of the molecule is Cc1ccc(N(c2ccc(-n3c(-c4ccc(-c5ccccc5)cc4)cc4cc5c(cc(-c6ccc(-c7ccccc7)cc6)n5-c5ccc(N(c6ccc(C)cc6)c6ccc7c(c6)c6ccccc6n7-c6ccccc6)cc5)cc43)cc2)c2ccc3c(c2)c2ccccc2n3-c2ccccc2)cc1. The van der Waals surface area contributed by atoms with Crippen molar-refractivity contribution in [1.82, 2.24) is 18.3 Å². The molecule has 0 spiro atoms. The number of hydrogen-bond donors (Lipinski definition) is 0. The van der Waals surface area contributed by atoms with Gasteiger partial charge in [-0.3, -0.25) is 0 Å². The average molecular weight is 1310 g/mol. The lowest BCUT2D eigenvalue weighted by Gasteiger charge is -2.26. The minimum atomic E-state index is 1.06. The first-order chi connectivity index (χ1) is 50.4. The lowest BCUT2D eigenvalue weighted by molar-refractivity contribution is 1.13. The Labute approximate surface area is 592 Å². The molecule has 19 rings (SSSR count). The minimum absolute atomic E-state index is 1.06. The summed E-state index contributed by atoms with van der Waals surface area (Å²) in [4.78, 5) is 4.79. The standard InChI is InChI=1S/C96H68N6/c1-65-31-43-77(44-32-65)97(83-55-57-91-87(63-83)85-27-15-17-29-89(85)99(91)75-23-11-5-12-24-75)79-47-51-81(52-48-79)101-93(71-39-35-69(36-40-71)67-19-7-3-8-20-67)59-73-62-96-74(61-95(73)101)60-94(72-41-37-70(38-42-72)68-21-9-4-10-22-68)102(96)82-53-49-80(50-54-82)98(78-45-33-66(2)34-46-78)84-56-58-92-88(64-84)86-28-16-18-30-90(86)100(92)76-25-13-6-14-26-76/h3-64H,1-2H3. The Hall–Kier alpha value is -13.4. The molecule has 0 saturated carbocycles. The van der Waals surface area contributed by atoms with Gasteiger partial charge in [0.1, 0.15) is 0 Å². The first kappa shape index (κ1) is 59.8. The summed E-state index contributed by atoms with van der Waals surface area (Å²) in [7, 11) is 0. The molecule has 0 unspecified atom stereocenters. The molecular formula is C96H68N6. The van der Waals surface area contributed by atoms with Crippen LogP contribution in [0, 0.1) is 13.8 Å². The smallest absolute Gasteiger partial charge is 0.0542 e. The largest absolute Gasteiger partial charge is 0.310 e. The summed E-state index contributed by atoms with van der Waals surface area (Å²) in [5, 5.41) is 7.10. The molecule has 0 saturated heterocycles. The lowest BCUT2D eigenvalue weighted by Crippen LogP contribution is -2.10. The van der Waals surface area contributed by atoms with Crippen LogP contribution in [0.4, 0.5) is 34.1 Å². The van der Waals surface area contributed by atoms with Crippen LogP contribution in [0.5, 0.6) is 0 Å². The number of nitrogens with zero attached hydrogens (tertiary/aromatic N) is 6. The van der Waals surface area contributed by atoms with Gasteiger partial charge in [-0.15, -0.1) is 0 Å². The Morgan fingerprint density at radius 1 is 0.186 bits per heavy atom. The first-order valence-electron chi connectivity index (χ1n) is 35.0. The highest BCUT2D eigenvalue weighted by Gasteiger charge is 2.24. The maximum Gasteiger partial charge on any atom is 0.0542 e. The van der Waals surface area contributed by atoms with Crippen LogP contribution in [0.25, 0.3) is 133 Å². The highest BCUT2D eigenvalue weighted by atomic mass is 15.2. The molecule has 0 bridgehead atoms. The molecule has 0 aliphatic heterocycles. The summed E-state index contributed by atoms with van der Waals surface area (Å²) < 4.78 is 9.70. The molecule has 102 heavy (non-hydrogen) atoms.